The largest absolute Gasteiger partial charge is 0.289 e. The zero-order chi connectivity index (χ0) is 7.52. The van der Waals surface area contributed by atoms with E-state index in [0.29, 0.717) is 6.04 Å². The summed E-state index contributed by atoms with van der Waals surface area (Å²) in [4.78, 5) is 4.38. The Bertz CT molecular complexity index is 251. The summed E-state index contributed by atoms with van der Waals surface area (Å²) in [5, 5.41) is 0. The highest BCUT2D eigenvalue weighted by atomic mass is 14.8. The first-order chi connectivity index (χ1) is 5.47. The van der Waals surface area contributed by atoms with Gasteiger partial charge in [-0.3, -0.25) is 4.99 Å². The molecule has 1 aromatic carbocycles. The van der Waals surface area contributed by atoms with Gasteiger partial charge in [0, 0.05) is 0 Å². The first-order valence-electron chi connectivity index (χ1n) is 4.03. The van der Waals surface area contributed by atoms with Crippen LogP contribution >= 0.6 is 0 Å². The van der Waals surface area contributed by atoms with Crippen molar-refractivity contribution in [3.05, 3.63) is 35.9 Å². The predicted molar refractivity (Wildman–Crippen MR) is 46.9 cm³/mol. The van der Waals surface area contributed by atoms with E-state index in [1.165, 1.54) is 12.0 Å². The van der Waals surface area contributed by atoms with Crippen LogP contribution in [0.2, 0.25) is 0 Å². The van der Waals surface area contributed by atoms with E-state index in [9.17, 15) is 0 Å². The van der Waals surface area contributed by atoms with Crippen LogP contribution in [0.1, 0.15) is 24.4 Å². The fraction of sp³-hybridized carbons (Fsp3) is 0.300. The van der Waals surface area contributed by atoms with Crippen LogP contribution in [-0.2, 0) is 0 Å². The highest BCUT2D eigenvalue weighted by molar-refractivity contribution is 5.60. The molecule has 2 rings (SSSR count). The second-order valence-corrected chi connectivity index (χ2v) is 2.84. The molecule has 0 N–H and O–H groups in total. The van der Waals surface area contributed by atoms with Crippen molar-refractivity contribution in [2.75, 3.05) is 0 Å². The normalized spacial score (nSPS) is 22.4. The predicted octanol–water partition coefficient (Wildman–Crippen LogP) is 2.59. The third kappa shape index (κ3) is 1.32. The van der Waals surface area contributed by atoms with Gasteiger partial charge in [0.2, 0.25) is 0 Å². The Morgan fingerprint density at radius 1 is 1.18 bits per heavy atom. The van der Waals surface area contributed by atoms with Crippen molar-refractivity contribution in [1.82, 2.24) is 0 Å². The molecule has 0 unspecified atom stereocenters. The molecule has 1 nitrogen and oxygen atoms in total. The van der Waals surface area contributed by atoms with Crippen molar-refractivity contribution >= 4 is 6.21 Å². The summed E-state index contributed by atoms with van der Waals surface area (Å²) in [7, 11) is 0. The van der Waals surface area contributed by atoms with E-state index in [4.69, 9.17) is 0 Å². The summed E-state index contributed by atoms with van der Waals surface area (Å²) in [6.45, 7) is 0. The number of hydrogen-bond donors (Lipinski definition) is 0. The standard InChI is InChI=1S/C10H11N/c1-2-5-9(6-3-1)10-7-4-8-11-10/h1-3,5-6,8,10H,4,7H2/t10-/m0/s1. The Hall–Kier alpha value is -1.11. The zero-order valence-electron chi connectivity index (χ0n) is 6.40. The van der Waals surface area contributed by atoms with Crippen molar-refractivity contribution < 1.29 is 0 Å². The van der Waals surface area contributed by atoms with Crippen LogP contribution in [0, 0.1) is 0 Å². The van der Waals surface area contributed by atoms with E-state index in [0.717, 1.165) is 6.42 Å². The Balaban J connectivity index is 2.23. The van der Waals surface area contributed by atoms with Gasteiger partial charge >= 0.3 is 0 Å². The maximum Gasteiger partial charge on any atom is 0.0748 e. The number of benzene rings is 1. The van der Waals surface area contributed by atoms with E-state index in [-0.39, 0.29) is 0 Å². The highest BCUT2D eigenvalue weighted by Crippen LogP contribution is 2.25. The monoisotopic (exact) mass is 145 g/mol. The molecule has 1 atom stereocenters. The maximum atomic E-state index is 4.38. The van der Waals surface area contributed by atoms with Gasteiger partial charge in [-0.1, -0.05) is 30.3 Å². The highest BCUT2D eigenvalue weighted by Gasteiger charge is 2.11. The Morgan fingerprint density at radius 2 is 2.00 bits per heavy atom. The van der Waals surface area contributed by atoms with Crippen LogP contribution in [0.15, 0.2) is 35.3 Å². The summed E-state index contributed by atoms with van der Waals surface area (Å²) in [5.74, 6) is 0. The van der Waals surface area contributed by atoms with E-state index in [1.807, 2.05) is 12.3 Å². The van der Waals surface area contributed by atoms with Gasteiger partial charge in [-0.05, 0) is 24.6 Å². The van der Waals surface area contributed by atoms with E-state index in [2.05, 4.69) is 29.3 Å². The lowest BCUT2D eigenvalue weighted by atomic mass is 10.1. The van der Waals surface area contributed by atoms with Crippen LogP contribution in [-0.4, -0.2) is 6.21 Å². The first kappa shape index (κ1) is 6.59. The molecule has 0 bridgehead atoms. The van der Waals surface area contributed by atoms with Gasteiger partial charge in [-0.15, -0.1) is 0 Å². The van der Waals surface area contributed by atoms with Gasteiger partial charge < -0.3 is 0 Å². The molecule has 0 amide bonds. The van der Waals surface area contributed by atoms with Gasteiger partial charge in [-0.2, -0.15) is 0 Å². The topological polar surface area (TPSA) is 12.4 Å². The van der Waals surface area contributed by atoms with Crippen molar-refractivity contribution in [1.29, 1.82) is 0 Å². The molecule has 1 aliphatic rings. The van der Waals surface area contributed by atoms with Crippen molar-refractivity contribution in [2.45, 2.75) is 18.9 Å². The maximum absolute atomic E-state index is 4.38. The Kier molecular flexibility index (Phi) is 1.72. The summed E-state index contributed by atoms with van der Waals surface area (Å²) < 4.78 is 0. The Morgan fingerprint density at radius 3 is 2.64 bits per heavy atom. The fourth-order valence-corrected chi connectivity index (χ4v) is 1.44. The van der Waals surface area contributed by atoms with E-state index in [1.54, 1.807) is 0 Å². The quantitative estimate of drug-likeness (QED) is 0.576. The van der Waals surface area contributed by atoms with E-state index < -0.39 is 0 Å². The fourth-order valence-electron chi connectivity index (χ4n) is 1.44. The molecule has 0 fully saturated rings. The van der Waals surface area contributed by atoms with Gasteiger partial charge in [0.25, 0.3) is 0 Å². The third-order valence-electron chi connectivity index (χ3n) is 2.04. The van der Waals surface area contributed by atoms with Gasteiger partial charge in [-0.25, -0.2) is 0 Å². The van der Waals surface area contributed by atoms with Gasteiger partial charge in [0.1, 0.15) is 0 Å². The molecule has 11 heavy (non-hydrogen) atoms. The van der Waals surface area contributed by atoms with Crippen molar-refractivity contribution in [2.24, 2.45) is 4.99 Å². The van der Waals surface area contributed by atoms with Gasteiger partial charge in [0.05, 0.1) is 6.04 Å². The summed E-state index contributed by atoms with van der Waals surface area (Å²) in [5.41, 5.74) is 1.35. The second kappa shape index (κ2) is 2.87. The van der Waals surface area contributed by atoms with Crippen molar-refractivity contribution in [3.63, 3.8) is 0 Å². The molecule has 1 heterocycles. The molecule has 1 aromatic rings. The van der Waals surface area contributed by atoms with Crippen molar-refractivity contribution in [3.8, 4) is 0 Å². The van der Waals surface area contributed by atoms with E-state index >= 15 is 0 Å². The van der Waals surface area contributed by atoms with Gasteiger partial charge in [0.15, 0.2) is 0 Å². The third-order valence-corrected chi connectivity index (χ3v) is 2.04. The molecule has 0 saturated carbocycles. The molecular weight excluding hydrogens is 134 g/mol. The number of hydrogen-bond acceptors (Lipinski definition) is 1. The lowest BCUT2D eigenvalue weighted by Gasteiger charge is -2.04. The minimum atomic E-state index is 0.441. The lowest BCUT2D eigenvalue weighted by Crippen LogP contribution is -1.88. The number of aliphatic imine (C=N–C) groups is 1. The smallest absolute Gasteiger partial charge is 0.0748 e. The molecule has 0 radical (unpaired) electrons. The number of nitrogens with zero attached hydrogens (tertiary/aromatic N) is 1. The second-order valence-electron chi connectivity index (χ2n) is 2.84. The summed E-state index contributed by atoms with van der Waals surface area (Å²) >= 11 is 0. The molecule has 0 spiro atoms. The van der Waals surface area contributed by atoms with Crippen LogP contribution in [0.4, 0.5) is 0 Å². The molecule has 1 aliphatic heterocycles. The molecular formula is C10H11N. The lowest BCUT2D eigenvalue weighted by molar-refractivity contribution is 0.723. The molecule has 1 heteroatoms. The van der Waals surface area contributed by atoms with Crippen LogP contribution in [0.3, 0.4) is 0 Å². The molecule has 0 saturated heterocycles. The minimum absolute atomic E-state index is 0.441. The average molecular weight is 145 g/mol. The zero-order valence-corrected chi connectivity index (χ0v) is 6.40. The molecule has 56 valence electrons. The molecule has 0 aromatic heterocycles. The average Bonchev–Trinajstić information content (AvgIpc) is 2.58. The van der Waals surface area contributed by atoms with Crippen LogP contribution < -0.4 is 0 Å². The number of rotatable bonds is 1. The summed E-state index contributed by atoms with van der Waals surface area (Å²) in [6, 6.07) is 10.9. The summed E-state index contributed by atoms with van der Waals surface area (Å²) in [6.07, 6.45) is 4.35. The first-order valence-corrected chi connectivity index (χ1v) is 4.03. The minimum Gasteiger partial charge on any atom is -0.289 e. The SMILES string of the molecule is C1=N[C@H](c2ccccc2)CC1. The Labute approximate surface area is 66.8 Å². The van der Waals surface area contributed by atoms with Crippen LogP contribution in [0.25, 0.3) is 0 Å². The van der Waals surface area contributed by atoms with Crippen LogP contribution in [0.5, 0.6) is 0 Å². The molecule has 0 aliphatic carbocycles.